The molecule has 0 aliphatic rings. The van der Waals surface area contributed by atoms with Crippen molar-refractivity contribution >= 4 is 21.7 Å². The molecule has 0 spiro atoms. The maximum absolute atomic E-state index is 12.8. The Morgan fingerprint density at radius 1 is 1.37 bits per heavy atom. The first-order valence-electron chi connectivity index (χ1n) is 5.49. The predicted molar refractivity (Wildman–Crippen MR) is 71.7 cm³/mol. The highest BCUT2D eigenvalue weighted by Crippen LogP contribution is 2.08. The highest BCUT2D eigenvalue weighted by molar-refractivity contribution is 9.10. The molecule has 6 heteroatoms. The first kappa shape index (κ1) is 13.6. The Morgan fingerprint density at radius 3 is 2.63 bits per heavy atom. The zero-order chi connectivity index (χ0) is 14.0. The number of aromatic nitrogens is 2. The van der Waals surface area contributed by atoms with E-state index in [0.29, 0.717) is 15.7 Å². The van der Waals surface area contributed by atoms with E-state index in [1.807, 2.05) is 0 Å². The summed E-state index contributed by atoms with van der Waals surface area (Å²) in [4.78, 5) is 27.8. The lowest BCUT2D eigenvalue weighted by molar-refractivity contribution is 0.0970. The Balaban J connectivity index is 2.27. The van der Waals surface area contributed by atoms with Gasteiger partial charge in [-0.15, -0.1) is 0 Å². The van der Waals surface area contributed by atoms with Crippen LogP contribution in [0.4, 0.5) is 4.39 Å². The van der Waals surface area contributed by atoms with Gasteiger partial charge in [-0.1, -0.05) is 0 Å². The minimum Gasteiger partial charge on any atom is -0.292 e. The number of Topliss-reactive ketones (excluding diaryl/α,β-unsaturated/α-hetero) is 1. The van der Waals surface area contributed by atoms with Crippen LogP contribution in [0, 0.1) is 12.7 Å². The maximum Gasteiger partial charge on any atom is 0.268 e. The van der Waals surface area contributed by atoms with Crippen LogP contribution in [-0.4, -0.2) is 15.3 Å². The molecule has 0 unspecified atom stereocenters. The molecule has 1 aromatic carbocycles. The van der Waals surface area contributed by atoms with Crippen molar-refractivity contribution in [3.63, 3.8) is 0 Å². The van der Waals surface area contributed by atoms with Crippen molar-refractivity contribution in [2.24, 2.45) is 0 Å². The molecule has 0 radical (unpaired) electrons. The number of halogens is 2. The highest BCUT2D eigenvalue weighted by Gasteiger charge is 2.11. The number of nitrogens with zero attached hydrogens (tertiary/aromatic N) is 2. The molecule has 0 fully saturated rings. The van der Waals surface area contributed by atoms with Crippen molar-refractivity contribution in [1.29, 1.82) is 0 Å². The zero-order valence-electron chi connectivity index (χ0n) is 10.1. The Morgan fingerprint density at radius 2 is 2.00 bits per heavy atom. The van der Waals surface area contributed by atoms with Crippen LogP contribution in [0.2, 0.25) is 0 Å². The van der Waals surface area contributed by atoms with Crippen LogP contribution in [0.15, 0.2) is 39.9 Å². The monoisotopic (exact) mass is 324 g/mol. The molecule has 1 heterocycles. The first-order chi connectivity index (χ1) is 8.99. The van der Waals surface area contributed by atoms with Gasteiger partial charge in [0.1, 0.15) is 10.3 Å². The van der Waals surface area contributed by atoms with Gasteiger partial charge in [0.15, 0.2) is 5.78 Å². The van der Waals surface area contributed by atoms with Gasteiger partial charge >= 0.3 is 0 Å². The van der Waals surface area contributed by atoms with Crippen LogP contribution in [0.25, 0.3) is 0 Å². The summed E-state index contributed by atoms with van der Waals surface area (Å²) in [7, 11) is 0. The Bertz CT molecular complexity index is 680. The van der Waals surface area contributed by atoms with Crippen molar-refractivity contribution < 1.29 is 9.18 Å². The SMILES string of the molecule is Cc1ncn(CC(=O)c2ccc(F)cc2)c(=O)c1Br. The van der Waals surface area contributed by atoms with Crippen LogP contribution < -0.4 is 5.56 Å². The van der Waals surface area contributed by atoms with E-state index in [0.717, 1.165) is 0 Å². The van der Waals surface area contributed by atoms with Crippen molar-refractivity contribution in [2.75, 3.05) is 0 Å². The molecule has 98 valence electrons. The third kappa shape index (κ3) is 2.96. The summed E-state index contributed by atoms with van der Waals surface area (Å²) in [6, 6.07) is 5.19. The van der Waals surface area contributed by atoms with Crippen LogP contribution in [0.1, 0.15) is 16.1 Å². The molecule has 0 bridgehead atoms. The number of benzene rings is 1. The first-order valence-corrected chi connectivity index (χ1v) is 6.28. The second-order valence-electron chi connectivity index (χ2n) is 4.01. The summed E-state index contributed by atoms with van der Waals surface area (Å²) in [6.45, 7) is 1.56. The van der Waals surface area contributed by atoms with Gasteiger partial charge in [-0.05, 0) is 47.1 Å². The molecular weight excluding hydrogens is 315 g/mol. The summed E-state index contributed by atoms with van der Waals surface area (Å²) in [5.74, 6) is -0.687. The summed E-state index contributed by atoms with van der Waals surface area (Å²) in [5.41, 5.74) is 0.600. The molecule has 1 aromatic heterocycles. The van der Waals surface area contributed by atoms with Gasteiger partial charge in [-0.25, -0.2) is 9.37 Å². The molecule has 0 saturated heterocycles. The van der Waals surface area contributed by atoms with Gasteiger partial charge in [0, 0.05) is 5.56 Å². The van der Waals surface area contributed by atoms with Gasteiger partial charge in [0.25, 0.3) is 5.56 Å². The maximum atomic E-state index is 12.8. The van der Waals surface area contributed by atoms with Crippen molar-refractivity contribution in [2.45, 2.75) is 13.5 Å². The molecule has 0 N–H and O–H groups in total. The molecule has 2 rings (SSSR count). The van der Waals surface area contributed by atoms with Gasteiger partial charge in [0.05, 0.1) is 18.6 Å². The quantitative estimate of drug-likeness (QED) is 0.814. The number of rotatable bonds is 3. The number of hydrogen-bond acceptors (Lipinski definition) is 3. The Kier molecular flexibility index (Phi) is 3.90. The molecular formula is C13H10BrFN2O2. The molecule has 0 amide bonds. The number of ketones is 1. The zero-order valence-corrected chi connectivity index (χ0v) is 11.6. The van der Waals surface area contributed by atoms with E-state index in [1.165, 1.54) is 35.2 Å². The van der Waals surface area contributed by atoms with Crippen LogP contribution in [-0.2, 0) is 6.54 Å². The number of aryl methyl sites for hydroxylation is 1. The van der Waals surface area contributed by atoms with Crippen molar-refractivity contribution in [3.8, 4) is 0 Å². The molecule has 0 aliphatic carbocycles. The highest BCUT2D eigenvalue weighted by atomic mass is 79.9. The van der Waals surface area contributed by atoms with Crippen LogP contribution in [0.5, 0.6) is 0 Å². The van der Waals surface area contributed by atoms with Crippen LogP contribution >= 0.6 is 15.9 Å². The number of hydrogen-bond donors (Lipinski definition) is 0. The summed E-state index contributed by atoms with van der Waals surface area (Å²) in [6.07, 6.45) is 1.32. The lowest BCUT2D eigenvalue weighted by Crippen LogP contribution is -2.25. The van der Waals surface area contributed by atoms with E-state index < -0.39 is 5.82 Å². The van der Waals surface area contributed by atoms with Crippen LogP contribution in [0.3, 0.4) is 0 Å². The third-order valence-electron chi connectivity index (χ3n) is 2.64. The van der Waals surface area contributed by atoms with Gasteiger partial charge in [-0.3, -0.25) is 14.2 Å². The molecule has 19 heavy (non-hydrogen) atoms. The topological polar surface area (TPSA) is 52.0 Å². The second-order valence-corrected chi connectivity index (χ2v) is 4.80. The summed E-state index contributed by atoms with van der Waals surface area (Å²) < 4.78 is 14.3. The van der Waals surface area contributed by atoms with Gasteiger partial charge in [-0.2, -0.15) is 0 Å². The van der Waals surface area contributed by atoms with Crippen molar-refractivity contribution in [1.82, 2.24) is 9.55 Å². The van der Waals surface area contributed by atoms with E-state index in [9.17, 15) is 14.0 Å². The van der Waals surface area contributed by atoms with Gasteiger partial charge < -0.3 is 0 Å². The van der Waals surface area contributed by atoms with E-state index >= 15 is 0 Å². The smallest absolute Gasteiger partial charge is 0.268 e. The Hall–Kier alpha value is -1.82. The van der Waals surface area contributed by atoms with E-state index in [4.69, 9.17) is 0 Å². The lowest BCUT2D eigenvalue weighted by Gasteiger charge is -2.06. The predicted octanol–water partition coefficient (Wildman–Crippen LogP) is 2.34. The van der Waals surface area contributed by atoms with Crippen molar-refractivity contribution in [3.05, 3.63) is 62.5 Å². The fraction of sp³-hybridized carbons (Fsp3) is 0.154. The average molecular weight is 325 g/mol. The number of carbonyl (C=O) groups is 1. The average Bonchev–Trinajstić information content (AvgIpc) is 2.40. The molecule has 0 aliphatic heterocycles. The molecule has 0 saturated carbocycles. The normalized spacial score (nSPS) is 10.5. The van der Waals surface area contributed by atoms with E-state index in [2.05, 4.69) is 20.9 Å². The van der Waals surface area contributed by atoms with E-state index in [-0.39, 0.29) is 17.9 Å². The summed E-state index contributed by atoms with van der Waals surface area (Å²) in [5, 5.41) is 0. The Labute approximate surface area is 117 Å². The minimum absolute atomic E-state index is 0.129. The van der Waals surface area contributed by atoms with Gasteiger partial charge in [0.2, 0.25) is 0 Å². The molecule has 2 aromatic rings. The summed E-state index contributed by atoms with van der Waals surface area (Å²) >= 11 is 3.13. The molecule has 0 atom stereocenters. The van der Waals surface area contributed by atoms with E-state index in [1.54, 1.807) is 6.92 Å². The number of carbonyl (C=O) groups excluding carboxylic acids is 1. The lowest BCUT2D eigenvalue weighted by atomic mass is 10.1. The second kappa shape index (κ2) is 5.44. The standard InChI is InChI=1S/C13H10BrFN2O2/c1-8-12(14)13(19)17(7-16-8)6-11(18)9-2-4-10(15)5-3-9/h2-5,7H,6H2,1H3. The minimum atomic E-state index is -0.409. The fourth-order valence-electron chi connectivity index (χ4n) is 1.54. The largest absolute Gasteiger partial charge is 0.292 e. The third-order valence-corrected chi connectivity index (χ3v) is 3.55. The fourth-order valence-corrected chi connectivity index (χ4v) is 1.87. The molecule has 4 nitrogen and oxygen atoms in total.